The molecule has 2 fully saturated rings. The van der Waals surface area contributed by atoms with E-state index in [-0.39, 0.29) is 0 Å². The summed E-state index contributed by atoms with van der Waals surface area (Å²) in [6.07, 6.45) is 2.70. The number of ether oxygens (including phenoxy) is 1. The highest BCUT2D eigenvalue weighted by molar-refractivity contribution is 5.84. The molecular weight excluding hydrogens is 358 g/mol. The minimum Gasteiger partial charge on any atom is -0.497 e. The maximum atomic E-state index is 5.35. The SMILES string of the molecule is COc1ccc(-c2nc3cc(C)ccc3cc2CN2CCN3CCC[C@H]3C2)cc1. The normalized spacial score (nSPS) is 20.1. The Hall–Kier alpha value is -2.43. The van der Waals surface area contributed by atoms with Crippen molar-refractivity contribution in [2.45, 2.75) is 32.4 Å². The number of rotatable bonds is 4. The van der Waals surface area contributed by atoms with Gasteiger partial charge in [-0.15, -0.1) is 0 Å². The number of piperazine rings is 1. The van der Waals surface area contributed by atoms with E-state index in [0.29, 0.717) is 0 Å². The zero-order valence-corrected chi connectivity index (χ0v) is 17.4. The van der Waals surface area contributed by atoms with E-state index in [1.807, 2.05) is 12.1 Å². The molecule has 3 aromatic rings. The van der Waals surface area contributed by atoms with Gasteiger partial charge in [0.05, 0.1) is 18.3 Å². The van der Waals surface area contributed by atoms with Crippen molar-refractivity contribution >= 4 is 10.9 Å². The van der Waals surface area contributed by atoms with Crippen molar-refractivity contribution < 1.29 is 4.74 Å². The predicted molar refractivity (Wildman–Crippen MR) is 118 cm³/mol. The van der Waals surface area contributed by atoms with Gasteiger partial charge in [0.15, 0.2) is 0 Å². The minimum absolute atomic E-state index is 0.740. The van der Waals surface area contributed by atoms with E-state index in [4.69, 9.17) is 9.72 Å². The molecule has 0 aliphatic carbocycles. The van der Waals surface area contributed by atoms with E-state index in [9.17, 15) is 0 Å². The lowest BCUT2D eigenvalue weighted by molar-refractivity contribution is 0.0994. The van der Waals surface area contributed by atoms with Crippen molar-refractivity contribution in [3.8, 4) is 17.0 Å². The second kappa shape index (κ2) is 7.77. The van der Waals surface area contributed by atoms with Crippen molar-refractivity contribution in [1.29, 1.82) is 0 Å². The molecule has 4 nitrogen and oxygen atoms in total. The molecule has 0 N–H and O–H groups in total. The molecule has 3 heterocycles. The predicted octanol–water partition coefficient (Wildman–Crippen LogP) is 4.50. The average Bonchev–Trinajstić information content (AvgIpc) is 3.21. The molecule has 2 aliphatic rings. The molecule has 1 aromatic heterocycles. The Balaban J connectivity index is 1.52. The summed E-state index contributed by atoms with van der Waals surface area (Å²) < 4.78 is 5.35. The maximum Gasteiger partial charge on any atom is 0.118 e. The Kier molecular flexibility index (Phi) is 4.98. The van der Waals surface area contributed by atoms with Crippen LogP contribution in [0.4, 0.5) is 0 Å². The summed E-state index contributed by atoms with van der Waals surface area (Å²) in [5.41, 5.74) is 5.89. The number of hydrogen-bond acceptors (Lipinski definition) is 4. The van der Waals surface area contributed by atoms with Crippen LogP contribution in [0.3, 0.4) is 0 Å². The molecule has 4 heteroatoms. The van der Waals surface area contributed by atoms with Crippen LogP contribution in [0, 0.1) is 6.92 Å². The van der Waals surface area contributed by atoms with Gasteiger partial charge in [0, 0.05) is 43.2 Å². The highest BCUT2D eigenvalue weighted by Gasteiger charge is 2.30. The lowest BCUT2D eigenvalue weighted by atomic mass is 10.0. The van der Waals surface area contributed by atoms with Crippen LogP contribution in [0.2, 0.25) is 0 Å². The number of hydrogen-bond donors (Lipinski definition) is 0. The molecule has 0 unspecified atom stereocenters. The summed E-state index contributed by atoms with van der Waals surface area (Å²) >= 11 is 0. The minimum atomic E-state index is 0.740. The van der Waals surface area contributed by atoms with Crippen LogP contribution in [-0.4, -0.2) is 54.1 Å². The van der Waals surface area contributed by atoms with Crippen molar-refractivity contribution in [3.63, 3.8) is 0 Å². The number of pyridine rings is 1. The molecule has 0 bridgehead atoms. The highest BCUT2D eigenvalue weighted by atomic mass is 16.5. The first-order valence-corrected chi connectivity index (χ1v) is 10.7. The fourth-order valence-electron chi connectivity index (χ4n) is 4.88. The number of aryl methyl sites for hydroxylation is 1. The second-order valence-electron chi connectivity index (χ2n) is 8.49. The summed E-state index contributed by atoms with van der Waals surface area (Å²) in [6, 6.07) is 18.0. The van der Waals surface area contributed by atoms with E-state index in [1.165, 1.54) is 49.0 Å². The van der Waals surface area contributed by atoms with E-state index in [0.717, 1.165) is 41.7 Å². The van der Waals surface area contributed by atoms with Crippen LogP contribution in [0.25, 0.3) is 22.2 Å². The van der Waals surface area contributed by atoms with Gasteiger partial charge in [0.2, 0.25) is 0 Å². The fraction of sp³-hybridized carbons (Fsp3) is 0.400. The molecule has 0 spiro atoms. The van der Waals surface area contributed by atoms with Gasteiger partial charge >= 0.3 is 0 Å². The molecule has 0 saturated carbocycles. The van der Waals surface area contributed by atoms with Crippen LogP contribution in [-0.2, 0) is 6.54 Å². The van der Waals surface area contributed by atoms with Crippen LogP contribution in [0.1, 0.15) is 24.0 Å². The Morgan fingerprint density at radius 1 is 1.03 bits per heavy atom. The summed E-state index contributed by atoms with van der Waals surface area (Å²) in [5.74, 6) is 0.879. The number of nitrogens with zero attached hydrogens (tertiary/aromatic N) is 3. The van der Waals surface area contributed by atoms with Crippen LogP contribution >= 0.6 is 0 Å². The third-order valence-electron chi connectivity index (χ3n) is 6.48. The Labute approximate surface area is 173 Å². The Bertz CT molecular complexity index is 1010. The zero-order chi connectivity index (χ0) is 19.8. The molecule has 2 aliphatic heterocycles. The lowest BCUT2D eigenvalue weighted by Crippen LogP contribution is -2.49. The smallest absolute Gasteiger partial charge is 0.118 e. The fourth-order valence-corrected chi connectivity index (χ4v) is 4.88. The third-order valence-corrected chi connectivity index (χ3v) is 6.48. The van der Waals surface area contributed by atoms with E-state index in [1.54, 1.807) is 7.11 Å². The molecule has 29 heavy (non-hydrogen) atoms. The maximum absolute atomic E-state index is 5.35. The molecule has 1 atom stereocenters. The number of fused-ring (bicyclic) bond motifs is 2. The van der Waals surface area contributed by atoms with Gasteiger partial charge in [0.25, 0.3) is 0 Å². The number of benzene rings is 2. The summed E-state index contributed by atoms with van der Waals surface area (Å²) in [5, 5.41) is 1.22. The largest absolute Gasteiger partial charge is 0.497 e. The standard InChI is InChI=1S/C25H29N3O/c1-18-5-6-20-15-21(16-27-12-13-28-11-3-4-22(28)17-27)25(26-24(20)14-18)19-7-9-23(29-2)10-8-19/h5-10,14-15,22H,3-4,11-13,16-17H2,1-2H3/t22-/m0/s1. The molecule has 2 saturated heterocycles. The first kappa shape index (κ1) is 18.6. The third kappa shape index (κ3) is 3.75. The van der Waals surface area contributed by atoms with Gasteiger partial charge in [-0.3, -0.25) is 9.80 Å². The highest BCUT2D eigenvalue weighted by Crippen LogP contribution is 2.30. The molecule has 5 rings (SSSR count). The van der Waals surface area contributed by atoms with Gasteiger partial charge < -0.3 is 4.74 Å². The molecule has 0 amide bonds. The van der Waals surface area contributed by atoms with Crippen LogP contribution in [0.15, 0.2) is 48.5 Å². The van der Waals surface area contributed by atoms with Gasteiger partial charge in [-0.05, 0) is 73.8 Å². The van der Waals surface area contributed by atoms with Crippen molar-refractivity contribution in [2.75, 3.05) is 33.3 Å². The first-order valence-electron chi connectivity index (χ1n) is 10.7. The van der Waals surface area contributed by atoms with E-state index >= 15 is 0 Å². The topological polar surface area (TPSA) is 28.6 Å². The van der Waals surface area contributed by atoms with E-state index in [2.05, 4.69) is 53.1 Å². The van der Waals surface area contributed by atoms with Crippen molar-refractivity contribution in [3.05, 3.63) is 59.7 Å². The summed E-state index contributed by atoms with van der Waals surface area (Å²) in [6.45, 7) is 7.89. The van der Waals surface area contributed by atoms with E-state index < -0.39 is 0 Å². The van der Waals surface area contributed by atoms with Crippen LogP contribution in [0.5, 0.6) is 5.75 Å². The van der Waals surface area contributed by atoms with Crippen LogP contribution < -0.4 is 4.74 Å². The summed E-state index contributed by atoms with van der Waals surface area (Å²) in [4.78, 5) is 10.4. The summed E-state index contributed by atoms with van der Waals surface area (Å²) in [7, 11) is 1.71. The monoisotopic (exact) mass is 387 g/mol. The first-order chi connectivity index (χ1) is 14.2. The van der Waals surface area contributed by atoms with Gasteiger partial charge in [0.1, 0.15) is 5.75 Å². The van der Waals surface area contributed by atoms with Gasteiger partial charge in [-0.25, -0.2) is 4.98 Å². The molecule has 150 valence electrons. The average molecular weight is 388 g/mol. The molecule has 2 aromatic carbocycles. The van der Waals surface area contributed by atoms with Crippen molar-refractivity contribution in [2.24, 2.45) is 0 Å². The Morgan fingerprint density at radius 2 is 1.90 bits per heavy atom. The Morgan fingerprint density at radius 3 is 2.72 bits per heavy atom. The number of methoxy groups -OCH3 is 1. The van der Waals surface area contributed by atoms with Crippen molar-refractivity contribution in [1.82, 2.24) is 14.8 Å². The van der Waals surface area contributed by atoms with Gasteiger partial charge in [-0.2, -0.15) is 0 Å². The molecule has 0 radical (unpaired) electrons. The quantitative estimate of drug-likeness (QED) is 0.659. The van der Waals surface area contributed by atoms with Gasteiger partial charge in [-0.1, -0.05) is 12.1 Å². The second-order valence-corrected chi connectivity index (χ2v) is 8.49. The molecular formula is C25H29N3O. The zero-order valence-electron chi connectivity index (χ0n) is 17.4. The number of aromatic nitrogens is 1. The lowest BCUT2D eigenvalue weighted by Gasteiger charge is -2.37.